The van der Waals surface area contributed by atoms with E-state index in [0.29, 0.717) is 23.7 Å². The first-order chi connectivity index (χ1) is 10.6. The van der Waals surface area contributed by atoms with Crippen LogP contribution in [0.5, 0.6) is 11.8 Å². The molecular formula is C15H23N3O4. The van der Waals surface area contributed by atoms with Gasteiger partial charge in [-0.3, -0.25) is 10.1 Å². The molecule has 0 atom stereocenters. The van der Waals surface area contributed by atoms with Crippen molar-refractivity contribution in [1.29, 1.82) is 0 Å². The van der Waals surface area contributed by atoms with E-state index in [2.05, 4.69) is 16.9 Å². The first-order valence-corrected chi connectivity index (χ1v) is 7.41. The van der Waals surface area contributed by atoms with E-state index in [4.69, 9.17) is 9.47 Å². The summed E-state index contributed by atoms with van der Waals surface area (Å²) in [5.74, 6) is 0.669. The SMILES string of the molecule is CCCCCc1nc(OC)c(C=C(CC)[N+](=O)[O-])nc1OC. The third-order valence-electron chi connectivity index (χ3n) is 3.23. The van der Waals surface area contributed by atoms with Gasteiger partial charge in [0, 0.05) is 12.5 Å². The molecule has 0 radical (unpaired) electrons. The quantitative estimate of drug-likeness (QED) is 0.395. The van der Waals surface area contributed by atoms with Crippen molar-refractivity contribution in [3.05, 3.63) is 27.2 Å². The molecule has 0 aromatic carbocycles. The number of methoxy groups -OCH3 is 2. The number of aryl methyl sites for hydroxylation is 1. The van der Waals surface area contributed by atoms with Gasteiger partial charge in [-0.1, -0.05) is 26.7 Å². The van der Waals surface area contributed by atoms with Crippen molar-refractivity contribution < 1.29 is 14.4 Å². The molecule has 1 heterocycles. The van der Waals surface area contributed by atoms with Gasteiger partial charge in [0.05, 0.1) is 19.1 Å². The summed E-state index contributed by atoms with van der Waals surface area (Å²) in [7, 11) is 2.99. The summed E-state index contributed by atoms with van der Waals surface area (Å²) in [5, 5.41) is 10.9. The molecule has 7 heteroatoms. The number of unbranched alkanes of at least 4 members (excludes halogenated alkanes) is 2. The smallest absolute Gasteiger partial charge is 0.248 e. The molecule has 0 aliphatic heterocycles. The summed E-state index contributed by atoms with van der Waals surface area (Å²) in [6.45, 7) is 3.84. The minimum Gasteiger partial charge on any atom is -0.480 e. The van der Waals surface area contributed by atoms with Gasteiger partial charge in [-0.25, -0.2) is 9.97 Å². The molecule has 0 aliphatic carbocycles. The summed E-state index contributed by atoms with van der Waals surface area (Å²) in [6, 6.07) is 0. The van der Waals surface area contributed by atoms with E-state index in [-0.39, 0.29) is 11.6 Å². The summed E-state index contributed by atoms with van der Waals surface area (Å²) >= 11 is 0. The molecule has 0 bridgehead atoms. The van der Waals surface area contributed by atoms with E-state index < -0.39 is 4.92 Å². The second-order valence-corrected chi connectivity index (χ2v) is 4.78. The van der Waals surface area contributed by atoms with Crippen LogP contribution in [0.4, 0.5) is 0 Å². The Labute approximate surface area is 130 Å². The summed E-state index contributed by atoms with van der Waals surface area (Å²) in [4.78, 5) is 19.2. The van der Waals surface area contributed by atoms with Crippen molar-refractivity contribution >= 4 is 6.08 Å². The first kappa shape index (κ1) is 17.9. The summed E-state index contributed by atoms with van der Waals surface area (Å²) in [6.07, 6.45) is 5.59. The van der Waals surface area contributed by atoms with Crippen molar-refractivity contribution in [2.75, 3.05) is 14.2 Å². The monoisotopic (exact) mass is 309 g/mol. The lowest BCUT2D eigenvalue weighted by molar-refractivity contribution is -0.425. The van der Waals surface area contributed by atoms with Crippen molar-refractivity contribution in [1.82, 2.24) is 9.97 Å². The zero-order valence-electron chi connectivity index (χ0n) is 13.6. The largest absolute Gasteiger partial charge is 0.480 e. The van der Waals surface area contributed by atoms with E-state index >= 15 is 0 Å². The normalized spacial score (nSPS) is 11.4. The Hall–Kier alpha value is -2.18. The molecule has 0 amide bonds. The van der Waals surface area contributed by atoms with Crippen LogP contribution in [0.25, 0.3) is 6.08 Å². The van der Waals surface area contributed by atoms with Gasteiger partial charge in [-0.05, 0) is 12.8 Å². The minimum absolute atomic E-state index is 0.0494. The number of hydrogen-bond donors (Lipinski definition) is 0. The summed E-state index contributed by atoms with van der Waals surface area (Å²) in [5.41, 5.74) is 1.07. The number of ether oxygens (including phenoxy) is 2. The topological polar surface area (TPSA) is 87.4 Å². The Morgan fingerprint density at radius 3 is 2.36 bits per heavy atom. The highest BCUT2D eigenvalue weighted by molar-refractivity contribution is 5.53. The lowest BCUT2D eigenvalue weighted by Crippen LogP contribution is -2.05. The highest BCUT2D eigenvalue weighted by atomic mass is 16.6. The second kappa shape index (κ2) is 8.96. The van der Waals surface area contributed by atoms with Crippen LogP contribution in [-0.2, 0) is 6.42 Å². The average Bonchev–Trinajstić information content (AvgIpc) is 2.52. The molecule has 1 aromatic heterocycles. The molecule has 0 saturated carbocycles. The third-order valence-corrected chi connectivity index (χ3v) is 3.23. The van der Waals surface area contributed by atoms with Gasteiger partial charge >= 0.3 is 0 Å². The fraction of sp³-hybridized carbons (Fsp3) is 0.600. The molecule has 0 saturated heterocycles. The van der Waals surface area contributed by atoms with E-state index in [1.165, 1.54) is 20.3 Å². The van der Waals surface area contributed by atoms with Crippen LogP contribution in [0.2, 0.25) is 0 Å². The van der Waals surface area contributed by atoms with Crippen LogP contribution >= 0.6 is 0 Å². The Kier molecular flexibility index (Phi) is 7.28. The predicted octanol–water partition coefficient (Wildman–Crippen LogP) is 3.25. The lowest BCUT2D eigenvalue weighted by Gasteiger charge is -2.10. The Bertz CT molecular complexity index is 544. The van der Waals surface area contributed by atoms with E-state index in [0.717, 1.165) is 25.7 Å². The maximum absolute atomic E-state index is 10.9. The van der Waals surface area contributed by atoms with Crippen molar-refractivity contribution in [3.63, 3.8) is 0 Å². The number of nitro groups is 1. The molecular weight excluding hydrogens is 286 g/mol. The third kappa shape index (κ3) is 4.68. The van der Waals surface area contributed by atoms with E-state index in [9.17, 15) is 10.1 Å². The maximum Gasteiger partial charge on any atom is 0.248 e. The van der Waals surface area contributed by atoms with Crippen molar-refractivity contribution in [2.45, 2.75) is 46.0 Å². The number of allylic oxidation sites excluding steroid dienone is 1. The van der Waals surface area contributed by atoms with Crippen molar-refractivity contribution in [3.8, 4) is 11.8 Å². The Morgan fingerprint density at radius 1 is 1.18 bits per heavy atom. The minimum atomic E-state index is -0.428. The zero-order valence-corrected chi connectivity index (χ0v) is 13.6. The molecule has 0 aliphatic rings. The van der Waals surface area contributed by atoms with Gasteiger partial charge in [0.25, 0.3) is 0 Å². The second-order valence-electron chi connectivity index (χ2n) is 4.78. The van der Waals surface area contributed by atoms with Gasteiger partial charge < -0.3 is 9.47 Å². The Balaban J connectivity index is 3.21. The highest BCUT2D eigenvalue weighted by Crippen LogP contribution is 2.25. The first-order valence-electron chi connectivity index (χ1n) is 7.41. The molecule has 0 N–H and O–H groups in total. The van der Waals surface area contributed by atoms with E-state index in [1.807, 2.05) is 0 Å². The molecule has 1 aromatic rings. The lowest BCUT2D eigenvalue weighted by atomic mass is 10.1. The van der Waals surface area contributed by atoms with Gasteiger partial charge in [-0.2, -0.15) is 0 Å². The van der Waals surface area contributed by atoms with Crippen LogP contribution < -0.4 is 9.47 Å². The van der Waals surface area contributed by atoms with E-state index in [1.54, 1.807) is 6.92 Å². The predicted molar refractivity (Wildman–Crippen MR) is 83.6 cm³/mol. The fourth-order valence-electron chi connectivity index (χ4n) is 2.00. The molecule has 22 heavy (non-hydrogen) atoms. The molecule has 122 valence electrons. The number of nitrogens with zero attached hydrogens (tertiary/aromatic N) is 3. The molecule has 7 nitrogen and oxygen atoms in total. The highest BCUT2D eigenvalue weighted by Gasteiger charge is 2.17. The molecule has 1 rings (SSSR count). The van der Waals surface area contributed by atoms with Crippen molar-refractivity contribution in [2.24, 2.45) is 0 Å². The number of hydrogen-bond acceptors (Lipinski definition) is 6. The molecule has 0 unspecified atom stereocenters. The standard InChI is InChI=1S/C15H23N3O4/c1-5-7-8-9-12-14(21-3)17-13(15(16-12)22-4)10-11(6-2)18(19)20/h10H,5-9H2,1-4H3. The molecule has 0 fully saturated rings. The number of rotatable bonds is 9. The summed E-state index contributed by atoms with van der Waals surface area (Å²) < 4.78 is 10.5. The molecule has 0 spiro atoms. The zero-order chi connectivity index (χ0) is 16.5. The average molecular weight is 309 g/mol. The van der Waals surface area contributed by atoms with Crippen LogP contribution in [0.15, 0.2) is 5.70 Å². The van der Waals surface area contributed by atoms with Gasteiger partial charge in [0.2, 0.25) is 17.5 Å². The van der Waals surface area contributed by atoms with Crippen LogP contribution in [0.1, 0.15) is 50.9 Å². The van der Waals surface area contributed by atoms with Crippen LogP contribution in [0.3, 0.4) is 0 Å². The Morgan fingerprint density at radius 2 is 1.86 bits per heavy atom. The number of aromatic nitrogens is 2. The van der Waals surface area contributed by atoms with Crippen LogP contribution in [-0.4, -0.2) is 29.1 Å². The van der Waals surface area contributed by atoms with Gasteiger partial charge in [-0.15, -0.1) is 0 Å². The van der Waals surface area contributed by atoms with Crippen LogP contribution in [0, 0.1) is 10.1 Å². The maximum atomic E-state index is 10.9. The fourth-order valence-corrected chi connectivity index (χ4v) is 2.00. The van der Waals surface area contributed by atoms with Gasteiger partial charge in [0.15, 0.2) is 0 Å². The van der Waals surface area contributed by atoms with Gasteiger partial charge in [0.1, 0.15) is 11.4 Å².